The molecule has 11 heteroatoms. The van der Waals surface area contributed by atoms with Gasteiger partial charge in [-0.3, -0.25) is 13.9 Å². The summed E-state index contributed by atoms with van der Waals surface area (Å²) in [5.74, 6) is -0.206. The zero-order valence-corrected chi connectivity index (χ0v) is 21.4. The van der Waals surface area contributed by atoms with Crippen molar-refractivity contribution in [3.63, 3.8) is 0 Å². The van der Waals surface area contributed by atoms with Gasteiger partial charge in [0.25, 0.3) is 0 Å². The second-order valence-electron chi connectivity index (χ2n) is 7.49. The van der Waals surface area contributed by atoms with Crippen LogP contribution in [0.3, 0.4) is 0 Å². The van der Waals surface area contributed by atoms with E-state index in [4.69, 9.17) is 21.1 Å². The molecule has 0 fully saturated rings. The summed E-state index contributed by atoms with van der Waals surface area (Å²) in [7, 11) is 0.470. The molecule has 0 spiro atoms. The van der Waals surface area contributed by atoms with Crippen molar-refractivity contribution < 1.29 is 27.5 Å². The Morgan fingerprint density at radius 3 is 2.24 bits per heavy atom. The number of ether oxygens (including phenoxy) is 2. The van der Waals surface area contributed by atoms with E-state index >= 15 is 0 Å². The summed E-state index contributed by atoms with van der Waals surface area (Å²) in [5.41, 5.74) is 0.923. The number of nitrogens with zero attached hydrogens (tertiary/aromatic N) is 2. The molecular weight excluding hydrogens is 482 g/mol. The molecule has 2 rings (SSSR count). The van der Waals surface area contributed by atoms with Gasteiger partial charge in [-0.15, -0.1) is 0 Å². The molecule has 0 saturated carbocycles. The molecule has 0 aliphatic rings. The first-order valence-corrected chi connectivity index (χ1v) is 12.7. The van der Waals surface area contributed by atoms with Crippen molar-refractivity contribution in [2.45, 2.75) is 25.9 Å². The Labute approximate surface area is 205 Å². The largest absolute Gasteiger partial charge is 0.497 e. The normalized spacial score (nSPS) is 11.9. The molecule has 0 bridgehead atoms. The van der Waals surface area contributed by atoms with Gasteiger partial charge in [0.2, 0.25) is 21.8 Å². The summed E-state index contributed by atoms with van der Waals surface area (Å²) in [6.45, 7) is 1.35. The highest BCUT2D eigenvalue weighted by Gasteiger charge is 2.32. The fraction of sp³-hybridized carbons (Fsp3) is 0.391. The molecule has 1 atom stereocenters. The Morgan fingerprint density at radius 1 is 1.09 bits per heavy atom. The molecule has 186 valence electrons. The average Bonchev–Trinajstić information content (AvgIpc) is 2.82. The number of sulfonamides is 1. The number of amides is 2. The molecule has 2 aromatic carbocycles. The predicted octanol–water partition coefficient (Wildman–Crippen LogP) is 2.68. The molecule has 2 amide bonds. The van der Waals surface area contributed by atoms with E-state index in [2.05, 4.69) is 5.32 Å². The summed E-state index contributed by atoms with van der Waals surface area (Å²) in [5, 5.41) is 3.11. The molecule has 2 aromatic rings. The number of benzene rings is 2. The Morgan fingerprint density at radius 2 is 1.74 bits per heavy atom. The van der Waals surface area contributed by atoms with Crippen LogP contribution in [0.25, 0.3) is 0 Å². The summed E-state index contributed by atoms with van der Waals surface area (Å²) >= 11 is 5.97. The summed E-state index contributed by atoms with van der Waals surface area (Å²) in [4.78, 5) is 27.5. The molecule has 1 unspecified atom stereocenters. The van der Waals surface area contributed by atoms with Gasteiger partial charge >= 0.3 is 0 Å². The second-order valence-corrected chi connectivity index (χ2v) is 9.84. The Kier molecular flexibility index (Phi) is 9.57. The summed E-state index contributed by atoms with van der Waals surface area (Å²) in [6.07, 6.45) is 1.34. The van der Waals surface area contributed by atoms with Gasteiger partial charge in [-0.2, -0.15) is 0 Å². The Hall–Kier alpha value is -2.98. The lowest BCUT2D eigenvalue weighted by Crippen LogP contribution is -2.51. The number of hydrogen-bond acceptors (Lipinski definition) is 6. The van der Waals surface area contributed by atoms with Crippen molar-refractivity contribution in [3.05, 3.63) is 53.1 Å². The van der Waals surface area contributed by atoms with E-state index in [1.54, 1.807) is 37.3 Å². The standard InChI is InChI=1S/C23H30ClN3O6S/c1-6-19(23(29)25-2)26(14-16-7-9-17(24)10-8-16)22(28)15-27(34(5,30)31)20-12-11-18(32-3)13-21(20)33-4/h7-13,19H,6,14-15H2,1-5H3,(H,25,29). The zero-order chi connectivity index (χ0) is 25.5. The molecule has 0 radical (unpaired) electrons. The third-order valence-electron chi connectivity index (χ3n) is 5.23. The van der Waals surface area contributed by atoms with Gasteiger partial charge < -0.3 is 19.7 Å². The van der Waals surface area contributed by atoms with Crippen LogP contribution in [0.5, 0.6) is 11.5 Å². The highest BCUT2D eigenvalue weighted by molar-refractivity contribution is 7.92. The van der Waals surface area contributed by atoms with Crippen LogP contribution in [0.4, 0.5) is 5.69 Å². The Bertz CT molecular complexity index is 1110. The molecule has 0 saturated heterocycles. The van der Waals surface area contributed by atoms with E-state index < -0.39 is 28.5 Å². The number of nitrogens with one attached hydrogen (secondary N) is 1. The molecule has 0 aromatic heterocycles. The van der Waals surface area contributed by atoms with Crippen LogP contribution >= 0.6 is 11.6 Å². The topological polar surface area (TPSA) is 105 Å². The van der Waals surface area contributed by atoms with Crippen molar-refractivity contribution >= 4 is 39.1 Å². The number of carbonyl (C=O) groups is 2. The minimum Gasteiger partial charge on any atom is -0.497 e. The zero-order valence-electron chi connectivity index (χ0n) is 19.9. The van der Waals surface area contributed by atoms with Crippen LogP contribution in [0.15, 0.2) is 42.5 Å². The number of hydrogen-bond donors (Lipinski definition) is 1. The van der Waals surface area contributed by atoms with Gasteiger partial charge in [0, 0.05) is 24.7 Å². The molecule has 1 N–H and O–H groups in total. The first-order chi connectivity index (χ1) is 16.0. The SMILES string of the molecule is CCC(C(=O)NC)N(Cc1ccc(Cl)cc1)C(=O)CN(c1ccc(OC)cc1OC)S(C)(=O)=O. The number of likely N-dealkylation sites (N-methyl/N-ethyl adjacent to an activating group) is 1. The smallest absolute Gasteiger partial charge is 0.244 e. The van der Waals surface area contributed by atoms with Crippen molar-refractivity contribution in [3.8, 4) is 11.5 Å². The van der Waals surface area contributed by atoms with Crippen molar-refractivity contribution in [1.82, 2.24) is 10.2 Å². The Balaban J connectivity index is 2.48. The lowest BCUT2D eigenvalue weighted by Gasteiger charge is -2.32. The van der Waals surface area contributed by atoms with Crippen molar-refractivity contribution in [2.75, 3.05) is 38.4 Å². The first kappa shape index (κ1) is 27.3. The maximum Gasteiger partial charge on any atom is 0.244 e. The van der Waals surface area contributed by atoms with Gasteiger partial charge in [0.1, 0.15) is 24.1 Å². The van der Waals surface area contributed by atoms with Crippen LogP contribution in [-0.2, 0) is 26.2 Å². The van der Waals surface area contributed by atoms with Gasteiger partial charge in [-0.1, -0.05) is 30.7 Å². The minimum absolute atomic E-state index is 0.0965. The van der Waals surface area contributed by atoms with E-state index in [0.29, 0.717) is 17.2 Å². The lowest BCUT2D eigenvalue weighted by molar-refractivity contribution is -0.140. The molecule has 0 aliphatic carbocycles. The summed E-state index contributed by atoms with van der Waals surface area (Å²) < 4.78 is 36.9. The van der Waals surface area contributed by atoms with E-state index in [1.807, 2.05) is 0 Å². The van der Waals surface area contributed by atoms with Crippen LogP contribution in [-0.4, -0.2) is 65.2 Å². The van der Waals surface area contributed by atoms with E-state index in [1.165, 1.54) is 38.3 Å². The average molecular weight is 512 g/mol. The van der Waals surface area contributed by atoms with Crippen molar-refractivity contribution in [2.24, 2.45) is 0 Å². The maximum absolute atomic E-state index is 13.5. The third kappa shape index (κ3) is 6.77. The van der Waals surface area contributed by atoms with Gasteiger partial charge in [-0.05, 0) is 36.2 Å². The molecule has 0 aliphatic heterocycles. The van der Waals surface area contributed by atoms with Gasteiger partial charge in [0.05, 0.1) is 26.2 Å². The maximum atomic E-state index is 13.5. The number of anilines is 1. The number of methoxy groups -OCH3 is 2. The highest BCUT2D eigenvalue weighted by Crippen LogP contribution is 2.33. The molecular formula is C23H30ClN3O6S. The van der Waals surface area contributed by atoms with E-state index in [0.717, 1.165) is 16.1 Å². The fourth-order valence-electron chi connectivity index (χ4n) is 3.46. The van der Waals surface area contributed by atoms with Crippen LogP contribution in [0.2, 0.25) is 5.02 Å². The van der Waals surface area contributed by atoms with Crippen molar-refractivity contribution in [1.29, 1.82) is 0 Å². The predicted molar refractivity (Wildman–Crippen MR) is 132 cm³/mol. The minimum atomic E-state index is -3.89. The van der Waals surface area contributed by atoms with Crippen LogP contribution in [0, 0.1) is 0 Å². The lowest BCUT2D eigenvalue weighted by atomic mass is 10.1. The first-order valence-electron chi connectivity index (χ1n) is 10.5. The molecule has 9 nitrogen and oxygen atoms in total. The van der Waals surface area contributed by atoms with E-state index in [-0.39, 0.29) is 23.9 Å². The van der Waals surface area contributed by atoms with Crippen LogP contribution in [0.1, 0.15) is 18.9 Å². The molecule has 34 heavy (non-hydrogen) atoms. The number of halogens is 1. The third-order valence-corrected chi connectivity index (χ3v) is 6.61. The summed E-state index contributed by atoms with van der Waals surface area (Å²) in [6, 6.07) is 10.7. The highest BCUT2D eigenvalue weighted by atomic mass is 35.5. The van der Waals surface area contributed by atoms with Gasteiger partial charge in [0.15, 0.2) is 0 Å². The number of rotatable bonds is 11. The second kappa shape index (κ2) is 11.9. The quantitative estimate of drug-likeness (QED) is 0.497. The van der Waals surface area contributed by atoms with Crippen LogP contribution < -0.4 is 19.1 Å². The fourth-order valence-corrected chi connectivity index (χ4v) is 4.44. The van der Waals surface area contributed by atoms with Gasteiger partial charge in [-0.25, -0.2) is 8.42 Å². The monoisotopic (exact) mass is 511 g/mol. The van der Waals surface area contributed by atoms with E-state index in [9.17, 15) is 18.0 Å². The number of carbonyl (C=O) groups excluding carboxylic acids is 2. The molecule has 0 heterocycles.